The molecule has 0 saturated carbocycles. The maximum atomic E-state index is 13.0. The largest absolute Gasteiger partial charge is 0.416 e. The van der Waals surface area contributed by atoms with Gasteiger partial charge in [-0.1, -0.05) is 30.3 Å². The van der Waals surface area contributed by atoms with E-state index in [1.165, 1.54) is 12.1 Å². The molecule has 0 aliphatic carbocycles. The Kier molecular flexibility index (Phi) is 4.94. The molecule has 0 saturated heterocycles. The summed E-state index contributed by atoms with van der Waals surface area (Å²) < 4.78 is 38.9. The molecule has 0 bridgehead atoms. The maximum Gasteiger partial charge on any atom is 0.416 e. The molecule has 0 fully saturated rings. The first-order chi connectivity index (χ1) is 14.4. The average Bonchev–Trinajstić information content (AvgIpc) is 2.77. The van der Waals surface area contributed by atoms with E-state index >= 15 is 0 Å². The van der Waals surface area contributed by atoms with Crippen LogP contribution in [0.15, 0.2) is 66.7 Å². The summed E-state index contributed by atoms with van der Waals surface area (Å²) in [5.74, 6) is 0. The number of nitrogens with zero attached hydrogens (tertiary/aromatic N) is 3. The third kappa shape index (κ3) is 3.73. The summed E-state index contributed by atoms with van der Waals surface area (Å²) in [6.07, 6.45) is -4.41. The van der Waals surface area contributed by atoms with Crippen LogP contribution in [0.5, 0.6) is 0 Å². The summed E-state index contributed by atoms with van der Waals surface area (Å²) in [5.41, 5.74) is 9.82. The summed E-state index contributed by atoms with van der Waals surface area (Å²) in [4.78, 5) is 9.42. The highest BCUT2D eigenvalue weighted by atomic mass is 19.4. The van der Waals surface area contributed by atoms with Crippen molar-refractivity contribution in [1.29, 1.82) is 5.26 Å². The number of rotatable bonds is 3. The van der Waals surface area contributed by atoms with Crippen LogP contribution in [-0.2, 0) is 12.7 Å². The van der Waals surface area contributed by atoms with Gasteiger partial charge in [-0.25, -0.2) is 9.97 Å². The molecule has 0 radical (unpaired) electrons. The summed E-state index contributed by atoms with van der Waals surface area (Å²) in [5, 5.41) is 9.04. The van der Waals surface area contributed by atoms with Gasteiger partial charge >= 0.3 is 6.18 Å². The van der Waals surface area contributed by atoms with E-state index in [1.807, 2.05) is 12.1 Å². The molecule has 0 atom stereocenters. The van der Waals surface area contributed by atoms with Gasteiger partial charge in [0.25, 0.3) is 0 Å². The number of fused-ring (bicyclic) bond motifs is 1. The molecule has 0 amide bonds. The van der Waals surface area contributed by atoms with Gasteiger partial charge in [-0.2, -0.15) is 18.4 Å². The van der Waals surface area contributed by atoms with Gasteiger partial charge in [0.05, 0.1) is 39.6 Å². The number of benzene rings is 3. The van der Waals surface area contributed by atoms with Gasteiger partial charge in [-0.15, -0.1) is 0 Å². The number of nitrogens with two attached hydrogens (primary N) is 1. The minimum atomic E-state index is -4.41. The first-order valence-corrected chi connectivity index (χ1v) is 9.08. The van der Waals surface area contributed by atoms with Crippen LogP contribution >= 0.6 is 0 Å². The van der Waals surface area contributed by atoms with E-state index in [1.54, 1.807) is 30.3 Å². The van der Waals surface area contributed by atoms with Gasteiger partial charge in [0, 0.05) is 17.7 Å². The lowest BCUT2D eigenvalue weighted by molar-refractivity contribution is -0.137. The van der Waals surface area contributed by atoms with E-state index in [0.29, 0.717) is 45.7 Å². The molecule has 1 heterocycles. The summed E-state index contributed by atoms with van der Waals surface area (Å²) in [6, 6.07) is 19.2. The Morgan fingerprint density at radius 2 is 1.37 bits per heavy atom. The lowest BCUT2D eigenvalue weighted by Gasteiger charge is -2.12. The Morgan fingerprint density at radius 1 is 0.800 bits per heavy atom. The molecule has 0 spiro atoms. The molecular weight excluding hydrogens is 389 g/mol. The predicted octanol–water partition coefficient (Wildman–Crippen LogP) is 5.31. The second kappa shape index (κ2) is 7.58. The standard InChI is InChI=1S/C23H15F3N4/c24-23(25,26)18-8-6-17(7-9-18)21-22(16-4-1-14(12-27)2-5-16)30-20-11-15(13-28)3-10-19(20)29-21/h1-11H,13,28H2. The first kappa shape index (κ1) is 19.6. The van der Waals surface area contributed by atoms with Gasteiger partial charge in [0.1, 0.15) is 0 Å². The minimum Gasteiger partial charge on any atom is -0.326 e. The fourth-order valence-electron chi connectivity index (χ4n) is 3.15. The molecule has 7 heteroatoms. The van der Waals surface area contributed by atoms with Crippen LogP contribution in [0.4, 0.5) is 13.2 Å². The molecule has 4 aromatic rings. The van der Waals surface area contributed by atoms with E-state index in [-0.39, 0.29) is 0 Å². The molecule has 0 aliphatic heterocycles. The summed E-state index contributed by atoms with van der Waals surface area (Å²) >= 11 is 0. The van der Waals surface area contributed by atoms with E-state index in [4.69, 9.17) is 16.0 Å². The summed E-state index contributed by atoms with van der Waals surface area (Å²) in [6.45, 7) is 0.352. The second-order valence-electron chi connectivity index (χ2n) is 6.71. The molecule has 0 aliphatic rings. The van der Waals surface area contributed by atoms with E-state index in [2.05, 4.69) is 11.1 Å². The highest BCUT2D eigenvalue weighted by Crippen LogP contribution is 2.34. The van der Waals surface area contributed by atoms with Crippen LogP contribution < -0.4 is 5.73 Å². The van der Waals surface area contributed by atoms with Crippen molar-refractivity contribution in [2.24, 2.45) is 5.73 Å². The molecular formula is C23H15F3N4. The normalized spacial score (nSPS) is 11.4. The lowest BCUT2D eigenvalue weighted by atomic mass is 10.0. The highest BCUT2D eigenvalue weighted by Gasteiger charge is 2.30. The number of aromatic nitrogens is 2. The molecule has 0 unspecified atom stereocenters. The topological polar surface area (TPSA) is 75.6 Å². The van der Waals surface area contributed by atoms with Crippen molar-refractivity contribution in [2.45, 2.75) is 12.7 Å². The fourth-order valence-corrected chi connectivity index (χ4v) is 3.15. The fraction of sp³-hybridized carbons (Fsp3) is 0.0870. The molecule has 3 aromatic carbocycles. The second-order valence-corrected chi connectivity index (χ2v) is 6.71. The van der Waals surface area contributed by atoms with Crippen molar-refractivity contribution in [1.82, 2.24) is 9.97 Å². The zero-order valence-corrected chi connectivity index (χ0v) is 15.6. The van der Waals surface area contributed by atoms with Gasteiger partial charge < -0.3 is 5.73 Å². The third-order valence-electron chi connectivity index (χ3n) is 4.74. The SMILES string of the molecule is N#Cc1ccc(-c2nc3cc(CN)ccc3nc2-c2ccc(C(F)(F)F)cc2)cc1. The Labute approximate surface area is 170 Å². The van der Waals surface area contributed by atoms with Crippen LogP contribution in [0.1, 0.15) is 16.7 Å². The smallest absolute Gasteiger partial charge is 0.326 e. The third-order valence-corrected chi connectivity index (χ3v) is 4.74. The van der Waals surface area contributed by atoms with Crippen molar-refractivity contribution < 1.29 is 13.2 Å². The predicted molar refractivity (Wildman–Crippen MR) is 108 cm³/mol. The maximum absolute atomic E-state index is 13.0. The molecule has 4 nitrogen and oxygen atoms in total. The molecule has 2 N–H and O–H groups in total. The van der Waals surface area contributed by atoms with Crippen molar-refractivity contribution in [2.75, 3.05) is 0 Å². The number of alkyl halides is 3. The summed E-state index contributed by atoms with van der Waals surface area (Å²) in [7, 11) is 0. The van der Waals surface area contributed by atoms with Crippen LogP contribution in [0.3, 0.4) is 0 Å². The van der Waals surface area contributed by atoms with Crippen molar-refractivity contribution in [3.63, 3.8) is 0 Å². The van der Waals surface area contributed by atoms with Gasteiger partial charge in [0.15, 0.2) is 0 Å². The number of hydrogen-bond acceptors (Lipinski definition) is 4. The zero-order chi connectivity index (χ0) is 21.3. The zero-order valence-electron chi connectivity index (χ0n) is 15.6. The van der Waals surface area contributed by atoms with Crippen LogP contribution in [0.2, 0.25) is 0 Å². The monoisotopic (exact) mass is 404 g/mol. The van der Waals surface area contributed by atoms with Crippen molar-refractivity contribution in [3.05, 3.63) is 83.4 Å². The Bertz CT molecular complexity index is 1260. The van der Waals surface area contributed by atoms with Gasteiger partial charge in [-0.3, -0.25) is 0 Å². The van der Waals surface area contributed by atoms with Crippen molar-refractivity contribution in [3.8, 4) is 28.6 Å². The van der Waals surface area contributed by atoms with Gasteiger partial charge in [-0.05, 0) is 42.0 Å². The van der Waals surface area contributed by atoms with Crippen LogP contribution in [0, 0.1) is 11.3 Å². The average molecular weight is 404 g/mol. The lowest BCUT2D eigenvalue weighted by Crippen LogP contribution is -2.04. The number of nitriles is 1. The van der Waals surface area contributed by atoms with E-state index in [9.17, 15) is 13.2 Å². The van der Waals surface area contributed by atoms with Crippen LogP contribution in [-0.4, -0.2) is 9.97 Å². The quantitative estimate of drug-likeness (QED) is 0.502. The number of hydrogen-bond donors (Lipinski definition) is 1. The highest BCUT2D eigenvalue weighted by molar-refractivity contribution is 5.86. The van der Waals surface area contributed by atoms with Gasteiger partial charge in [0.2, 0.25) is 0 Å². The van der Waals surface area contributed by atoms with Crippen molar-refractivity contribution >= 4 is 11.0 Å². The minimum absolute atomic E-state index is 0.352. The molecule has 148 valence electrons. The first-order valence-electron chi connectivity index (χ1n) is 9.08. The van der Waals surface area contributed by atoms with E-state index in [0.717, 1.165) is 17.7 Å². The Hall–Kier alpha value is -3.76. The Balaban J connectivity index is 1.93. The Morgan fingerprint density at radius 3 is 1.90 bits per heavy atom. The molecule has 4 rings (SSSR count). The van der Waals surface area contributed by atoms with Crippen LogP contribution in [0.25, 0.3) is 33.5 Å². The number of halogens is 3. The van der Waals surface area contributed by atoms with E-state index < -0.39 is 11.7 Å². The molecule has 30 heavy (non-hydrogen) atoms. The molecule has 1 aromatic heterocycles.